The van der Waals surface area contributed by atoms with E-state index < -0.39 is 0 Å². The predicted octanol–water partition coefficient (Wildman–Crippen LogP) is 2.88. The summed E-state index contributed by atoms with van der Waals surface area (Å²) in [7, 11) is 1.74. The zero-order chi connectivity index (χ0) is 21.4. The first-order valence-electron chi connectivity index (χ1n) is 10.5. The fraction of sp³-hybridized carbons (Fsp3) is 0.409. The number of aromatic nitrogens is 4. The largest absolute Gasteiger partial charge is 0.475 e. The standard InChI is InChI=1S/C22H26N6O3/c1-14(23)12-30-21-6-5-20-25-11-17(28(20)26-21)19-10-16-18(31-19)7-8-24-22(16)27-9-3-4-15(27)13-29-2/h5-8,10-11,14-15H,3-4,9,12-13,23H2,1-2H3. The number of hydrogen-bond acceptors (Lipinski definition) is 8. The number of imidazole rings is 1. The van der Waals surface area contributed by atoms with Crippen molar-refractivity contribution in [2.24, 2.45) is 5.73 Å². The van der Waals surface area contributed by atoms with Gasteiger partial charge in [0.15, 0.2) is 11.4 Å². The molecule has 0 amide bonds. The molecule has 1 fully saturated rings. The maximum absolute atomic E-state index is 6.19. The molecule has 162 valence electrons. The van der Waals surface area contributed by atoms with Gasteiger partial charge in [-0.3, -0.25) is 0 Å². The SMILES string of the molecule is COCC1CCCN1c1nccc2oc(-c3cnc4ccc(OCC(C)N)nn34)cc12. The molecule has 1 aliphatic heterocycles. The first-order valence-corrected chi connectivity index (χ1v) is 10.5. The van der Waals surface area contributed by atoms with E-state index in [1.54, 1.807) is 30.1 Å². The van der Waals surface area contributed by atoms with Gasteiger partial charge in [0.1, 0.15) is 23.7 Å². The number of furan rings is 1. The Morgan fingerprint density at radius 1 is 1.29 bits per heavy atom. The lowest BCUT2D eigenvalue weighted by Gasteiger charge is -2.25. The summed E-state index contributed by atoms with van der Waals surface area (Å²) in [6.07, 6.45) is 5.77. The first kappa shape index (κ1) is 19.8. The van der Waals surface area contributed by atoms with Gasteiger partial charge in [-0.05, 0) is 38.0 Å². The Morgan fingerprint density at radius 2 is 2.19 bits per heavy atom. The van der Waals surface area contributed by atoms with Crippen LogP contribution in [0.2, 0.25) is 0 Å². The Hall–Kier alpha value is -3.17. The molecule has 4 aromatic heterocycles. The quantitative estimate of drug-likeness (QED) is 0.485. The summed E-state index contributed by atoms with van der Waals surface area (Å²) in [6.45, 7) is 3.92. The van der Waals surface area contributed by atoms with Gasteiger partial charge in [-0.25, -0.2) is 14.5 Å². The van der Waals surface area contributed by atoms with Gasteiger partial charge in [0.05, 0.1) is 24.2 Å². The molecule has 0 bridgehead atoms. The Balaban J connectivity index is 1.54. The lowest BCUT2D eigenvalue weighted by Crippen LogP contribution is -2.33. The number of methoxy groups -OCH3 is 1. The first-order chi connectivity index (χ1) is 15.1. The summed E-state index contributed by atoms with van der Waals surface area (Å²) < 4.78 is 19.0. The van der Waals surface area contributed by atoms with Gasteiger partial charge in [0, 0.05) is 32.0 Å². The van der Waals surface area contributed by atoms with Gasteiger partial charge in [-0.15, -0.1) is 5.10 Å². The van der Waals surface area contributed by atoms with Crippen LogP contribution in [0.1, 0.15) is 19.8 Å². The number of pyridine rings is 1. The lowest BCUT2D eigenvalue weighted by atomic mass is 10.2. The van der Waals surface area contributed by atoms with Crippen molar-refractivity contribution >= 4 is 22.4 Å². The van der Waals surface area contributed by atoms with Crippen LogP contribution in [0.15, 0.2) is 41.1 Å². The minimum Gasteiger partial charge on any atom is -0.475 e. The highest BCUT2D eigenvalue weighted by atomic mass is 16.5. The number of ether oxygens (including phenoxy) is 2. The van der Waals surface area contributed by atoms with Crippen LogP contribution in [0.25, 0.3) is 28.1 Å². The summed E-state index contributed by atoms with van der Waals surface area (Å²) in [5.74, 6) is 2.09. The fourth-order valence-corrected chi connectivity index (χ4v) is 4.10. The molecule has 0 aromatic carbocycles. The topological polar surface area (TPSA) is 104 Å². The van der Waals surface area contributed by atoms with Gasteiger partial charge in [0.25, 0.3) is 0 Å². The Morgan fingerprint density at radius 3 is 3.03 bits per heavy atom. The van der Waals surface area contributed by atoms with Crippen LogP contribution >= 0.6 is 0 Å². The fourth-order valence-electron chi connectivity index (χ4n) is 4.10. The van der Waals surface area contributed by atoms with E-state index in [1.165, 1.54) is 0 Å². The van der Waals surface area contributed by atoms with Gasteiger partial charge in [-0.2, -0.15) is 0 Å². The van der Waals surface area contributed by atoms with Crippen LogP contribution in [-0.4, -0.2) is 58.5 Å². The van der Waals surface area contributed by atoms with Crippen molar-refractivity contribution in [3.8, 4) is 17.3 Å². The van der Waals surface area contributed by atoms with E-state index in [1.807, 2.05) is 25.1 Å². The second kappa shape index (κ2) is 8.16. The van der Waals surface area contributed by atoms with Crippen molar-refractivity contribution in [1.29, 1.82) is 0 Å². The molecule has 0 aliphatic carbocycles. The minimum atomic E-state index is -0.0754. The van der Waals surface area contributed by atoms with Gasteiger partial charge >= 0.3 is 0 Å². The Labute approximate surface area is 179 Å². The molecule has 5 heterocycles. The maximum Gasteiger partial charge on any atom is 0.231 e. The van der Waals surface area contributed by atoms with Crippen LogP contribution < -0.4 is 15.4 Å². The van der Waals surface area contributed by atoms with E-state index in [9.17, 15) is 0 Å². The third-order valence-electron chi connectivity index (χ3n) is 5.52. The summed E-state index contributed by atoms with van der Waals surface area (Å²) in [6, 6.07) is 7.80. The number of hydrogen-bond donors (Lipinski definition) is 1. The molecule has 31 heavy (non-hydrogen) atoms. The van der Waals surface area contributed by atoms with E-state index in [-0.39, 0.29) is 6.04 Å². The maximum atomic E-state index is 6.19. The highest BCUT2D eigenvalue weighted by molar-refractivity contribution is 5.92. The number of nitrogens with zero attached hydrogens (tertiary/aromatic N) is 5. The third kappa shape index (κ3) is 3.70. The number of fused-ring (bicyclic) bond motifs is 2. The summed E-state index contributed by atoms with van der Waals surface area (Å²) >= 11 is 0. The Kier molecular flexibility index (Phi) is 5.21. The van der Waals surface area contributed by atoms with Crippen molar-refractivity contribution in [1.82, 2.24) is 19.6 Å². The molecule has 0 radical (unpaired) electrons. The van der Waals surface area contributed by atoms with Crippen LogP contribution in [0.5, 0.6) is 5.88 Å². The van der Waals surface area contributed by atoms with Crippen molar-refractivity contribution in [3.63, 3.8) is 0 Å². The number of nitrogens with two attached hydrogens (primary N) is 1. The molecule has 4 aromatic rings. The number of rotatable bonds is 7. The monoisotopic (exact) mass is 422 g/mol. The molecule has 9 nitrogen and oxygen atoms in total. The van der Waals surface area contributed by atoms with E-state index in [4.69, 9.17) is 19.6 Å². The molecule has 0 saturated carbocycles. The van der Waals surface area contributed by atoms with Gasteiger partial charge in [0.2, 0.25) is 5.88 Å². The van der Waals surface area contributed by atoms with E-state index in [0.29, 0.717) is 36.5 Å². The second-order valence-electron chi connectivity index (χ2n) is 7.98. The molecular formula is C22H26N6O3. The molecule has 9 heteroatoms. The highest BCUT2D eigenvalue weighted by Gasteiger charge is 2.28. The van der Waals surface area contributed by atoms with Crippen LogP contribution in [-0.2, 0) is 4.74 Å². The van der Waals surface area contributed by atoms with Crippen LogP contribution in [0.3, 0.4) is 0 Å². The van der Waals surface area contributed by atoms with E-state index >= 15 is 0 Å². The van der Waals surface area contributed by atoms with Gasteiger partial charge in [-0.1, -0.05) is 0 Å². The van der Waals surface area contributed by atoms with Crippen LogP contribution in [0.4, 0.5) is 5.82 Å². The summed E-state index contributed by atoms with van der Waals surface area (Å²) in [5.41, 5.74) is 8.03. The third-order valence-corrected chi connectivity index (χ3v) is 5.52. The van der Waals surface area contributed by atoms with Crippen LogP contribution in [0, 0.1) is 0 Å². The second-order valence-corrected chi connectivity index (χ2v) is 7.98. The van der Waals surface area contributed by atoms with Crippen molar-refractivity contribution in [2.75, 3.05) is 31.8 Å². The summed E-state index contributed by atoms with van der Waals surface area (Å²) in [4.78, 5) is 11.4. The predicted molar refractivity (Wildman–Crippen MR) is 117 cm³/mol. The average Bonchev–Trinajstić information content (AvgIpc) is 3.49. The van der Waals surface area contributed by atoms with E-state index in [0.717, 1.165) is 41.9 Å². The molecule has 2 N–H and O–H groups in total. The molecule has 0 spiro atoms. The van der Waals surface area contributed by atoms with Crippen molar-refractivity contribution < 1.29 is 13.9 Å². The number of anilines is 1. The van der Waals surface area contributed by atoms with Crippen molar-refractivity contribution in [2.45, 2.75) is 31.8 Å². The molecule has 2 atom stereocenters. The average molecular weight is 422 g/mol. The molecule has 1 aliphatic rings. The Bertz CT molecular complexity index is 1200. The lowest BCUT2D eigenvalue weighted by molar-refractivity contribution is 0.180. The van der Waals surface area contributed by atoms with Gasteiger partial charge < -0.3 is 24.5 Å². The molecule has 1 saturated heterocycles. The summed E-state index contributed by atoms with van der Waals surface area (Å²) in [5, 5.41) is 5.54. The molecule has 5 rings (SSSR count). The van der Waals surface area contributed by atoms with E-state index in [2.05, 4.69) is 20.0 Å². The molecule has 2 unspecified atom stereocenters. The zero-order valence-corrected chi connectivity index (χ0v) is 17.7. The smallest absolute Gasteiger partial charge is 0.231 e. The normalized spacial score (nSPS) is 17.6. The van der Waals surface area contributed by atoms with Crippen molar-refractivity contribution in [3.05, 3.63) is 36.7 Å². The zero-order valence-electron chi connectivity index (χ0n) is 17.7. The molecular weight excluding hydrogens is 396 g/mol. The highest BCUT2D eigenvalue weighted by Crippen LogP contribution is 2.35. The minimum absolute atomic E-state index is 0.0754.